The lowest BCUT2D eigenvalue weighted by Gasteiger charge is -2.11. The molecule has 0 saturated heterocycles. The minimum Gasteiger partial charge on any atom is -0.495 e. The van der Waals surface area contributed by atoms with Crippen LogP contribution in [0.1, 0.15) is 0 Å². The van der Waals surface area contributed by atoms with Gasteiger partial charge < -0.3 is 9.47 Å². The molecule has 0 atom stereocenters. The fourth-order valence-corrected chi connectivity index (χ4v) is 3.91. The molecule has 1 amide bonds. The van der Waals surface area contributed by atoms with Crippen LogP contribution in [0.5, 0.6) is 11.5 Å². The number of carbonyl (C=O) groups excluding carboxylic acids is 1. The van der Waals surface area contributed by atoms with Gasteiger partial charge in [0.05, 0.1) is 40.8 Å². The molecule has 10 nitrogen and oxygen atoms in total. The van der Waals surface area contributed by atoms with Gasteiger partial charge in [0.25, 0.3) is 10.0 Å². The number of hydrogen-bond donors (Lipinski definition) is 2. The van der Waals surface area contributed by atoms with E-state index in [0.717, 1.165) is 11.8 Å². The number of hydrogen-bond acceptors (Lipinski definition) is 8. The summed E-state index contributed by atoms with van der Waals surface area (Å²) in [5.74, 6) is -0.661. The Morgan fingerprint density at radius 3 is 2.34 bits per heavy atom. The highest BCUT2D eigenvalue weighted by Crippen LogP contribution is 2.39. The number of sulfonamides is 1. The van der Waals surface area contributed by atoms with Gasteiger partial charge in [0.15, 0.2) is 5.75 Å². The second-order valence-electron chi connectivity index (χ2n) is 5.33. The Morgan fingerprint density at radius 1 is 1.17 bits per heavy atom. The van der Waals surface area contributed by atoms with Crippen LogP contribution in [-0.2, 0) is 14.8 Å². The predicted octanol–water partition coefficient (Wildman–Crippen LogP) is 2.37. The monoisotopic (exact) mass is 461 g/mol. The molecule has 0 fully saturated rings. The van der Waals surface area contributed by atoms with E-state index in [1.165, 1.54) is 50.6 Å². The van der Waals surface area contributed by atoms with Gasteiger partial charge >= 0.3 is 5.69 Å². The third kappa shape index (κ3) is 5.97. The molecule has 0 heterocycles. The molecule has 0 spiro atoms. The maximum absolute atomic E-state index is 12.1. The van der Waals surface area contributed by atoms with Crippen molar-refractivity contribution in [2.24, 2.45) is 0 Å². The molecule has 0 aliphatic heterocycles. The molecule has 0 bridgehead atoms. The number of nitrogens with one attached hydrogen (secondary N) is 2. The third-order valence-corrected chi connectivity index (χ3v) is 6.02. The zero-order valence-corrected chi connectivity index (χ0v) is 17.6. The van der Waals surface area contributed by atoms with Crippen LogP contribution < -0.4 is 19.7 Å². The summed E-state index contributed by atoms with van der Waals surface area (Å²) in [4.78, 5) is 24.8. The van der Waals surface area contributed by atoms with Crippen molar-refractivity contribution < 1.29 is 27.6 Å². The predicted molar refractivity (Wildman–Crippen MR) is 107 cm³/mol. The fourth-order valence-electron chi connectivity index (χ4n) is 2.09. The lowest BCUT2D eigenvalue weighted by molar-refractivity contribution is -0.385. The van der Waals surface area contributed by atoms with Crippen LogP contribution >= 0.6 is 23.4 Å². The summed E-state index contributed by atoms with van der Waals surface area (Å²) in [6.07, 6.45) is 0. The number of methoxy groups -OCH3 is 2. The minimum absolute atomic E-state index is 0.00199. The molecular weight excluding hydrogens is 446 g/mol. The number of ether oxygens (including phenoxy) is 2. The summed E-state index contributed by atoms with van der Waals surface area (Å²) in [7, 11) is -1.35. The van der Waals surface area contributed by atoms with E-state index in [2.05, 4.69) is 5.43 Å². The van der Waals surface area contributed by atoms with Crippen LogP contribution in [0.3, 0.4) is 0 Å². The molecule has 156 valence electrons. The lowest BCUT2D eigenvalue weighted by Crippen LogP contribution is -2.42. The van der Waals surface area contributed by atoms with Gasteiger partial charge in [-0.3, -0.25) is 20.3 Å². The maximum Gasteiger partial charge on any atom is 0.314 e. The zero-order chi connectivity index (χ0) is 21.6. The largest absolute Gasteiger partial charge is 0.495 e. The quantitative estimate of drug-likeness (QED) is 0.330. The number of carbonyl (C=O) groups is 1. The van der Waals surface area contributed by atoms with E-state index in [0.29, 0.717) is 9.92 Å². The Labute approximate surface area is 175 Å². The third-order valence-electron chi connectivity index (χ3n) is 3.47. The number of thioether (sulfide) groups is 1. The highest BCUT2D eigenvalue weighted by molar-refractivity contribution is 8.00. The molecule has 29 heavy (non-hydrogen) atoms. The van der Waals surface area contributed by atoms with Gasteiger partial charge in [-0.05, 0) is 24.3 Å². The average molecular weight is 462 g/mol. The van der Waals surface area contributed by atoms with Crippen LogP contribution in [0.4, 0.5) is 5.69 Å². The molecule has 2 aromatic carbocycles. The zero-order valence-electron chi connectivity index (χ0n) is 15.2. The van der Waals surface area contributed by atoms with Crippen LogP contribution in [0, 0.1) is 10.1 Å². The van der Waals surface area contributed by atoms with Gasteiger partial charge in [0, 0.05) is 11.1 Å². The maximum atomic E-state index is 12.1. The molecule has 0 aliphatic carbocycles. The van der Waals surface area contributed by atoms with E-state index in [4.69, 9.17) is 21.1 Å². The molecule has 2 N–H and O–H groups in total. The first kappa shape index (κ1) is 22.7. The van der Waals surface area contributed by atoms with Gasteiger partial charge in [-0.15, -0.1) is 16.6 Å². The van der Waals surface area contributed by atoms with Gasteiger partial charge in [0.1, 0.15) is 5.75 Å². The van der Waals surface area contributed by atoms with Crippen LogP contribution in [0.25, 0.3) is 0 Å². The van der Waals surface area contributed by atoms with Crippen molar-refractivity contribution in [1.29, 1.82) is 0 Å². The Hall–Kier alpha value is -2.54. The van der Waals surface area contributed by atoms with Crippen LogP contribution in [-0.4, -0.2) is 39.2 Å². The Morgan fingerprint density at radius 2 is 1.79 bits per heavy atom. The first-order valence-electron chi connectivity index (χ1n) is 7.77. The molecule has 0 radical (unpaired) electrons. The summed E-state index contributed by atoms with van der Waals surface area (Å²) >= 11 is 6.70. The van der Waals surface area contributed by atoms with Gasteiger partial charge in [-0.2, -0.15) is 0 Å². The van der Waals surface area contributed by atoms with Crippen molar-refractivity contribution in [3.63, 3.8) is 0 Å². The summed E-state index contributed by atoms with van der Waals surface area (Å²) in [5, 5.41) is 11.4. The molecule has 0 unspecified atom stereocenters. The standard InChI is InChI=1S/C16H16ClN3O7S2/c1-26-13-8-15(14(27-2)7-12(13)20(22)23)28-9-16(21)18-19-29(24,25)11-5-3-10(17)4-6-11/h3-8,19H,9H2,1-2H3,(H,18,21). The second-order valence-corrected chi connectivity index (χ2v) is 8.46. The van der Waals surface area contributed by atoms with Crippen molar-refractivity contribution in [1.82, 2.24) is 10.3 Å². The smallest absolute Gasteiger partial charge is 0.314 e. The van der Waals surface area contributed by atoms with Crippen molar-refractivity contribution >= 4 is 45.0 Å². The van der Waals surface area contributed by atoms with E-state index < -0.39 is 20.9 Å². The van der Waals surface area contributed by atoms with Crippen molar-refractivity contribution in [3.05, 3.63) is 51.5 Å². The normalized spacial score (nSPS) is 11.0. The summed E-state index contributed by atoms with van der Waals surface area (Å²) < 4.78 is 34.4. The Kier molecular flexibility index (Phi) is 7.67. The number of nitro groups is 1. The van der Waals surface area contributed by atoms with Crippen molar-refractivity contribution in [3.8, 4) is 11.5 Å². The number of hydrazine groups is 1. The highest BCUT2D eigenvalue weighted by atomic mass is 35.5. The molecule has 0 aliphatic rings. The summed E-state index contributed by atoms with van der Waals surface area (Å²) in [6.45, 7) is 0. The Balaban J connectivity index is 2.03. The molecule has 2 rings (SSSR count). The molecular formula is C16H16ClN3O7S2. The van der Waals surface area contributed by atoms with E-state index in [1.54, 1.807) is 0 Å². The van der Waals surface area contributed by atoms with Crippen LogP contribution in [0.2, 0.25) is 5.02 Å². The minimum atomic E-state index is -3.96. The fraction of sp³-hybridized carbons (Fsp3) is 0.188. The van der Waals surface area contributed by atoms with Crippen molar-refractivity contribution in [2.75, 3.05) is 20.0 Å². The molecule has 0 saturated carbocycles. The Bertz CT molecular complexity index is 1010. The van der Waals surface area contributed by atoms with Crippen LogP contribution in [0.15, 0.2) is 46.2 Å². The number of amides is 1. The molecule has 0 aromatic heterocycles. The van der Waals surface area contributed by atoms with E-state index in [9.17, 15) is 23.3 Å². The second kappa shape index (κ2) is 9.78. The highest BCUT2D eigenvalue weighted by Gasteiger charge is 2.21. The van der Waals surface area contributed by atoms with E-state index >= 15 is 0 Å². The van der Waals surface area contributed by atoms with E-state index in [-0.39, 0.29) is 27.8 Å². The number of nitrogens with zero attached hydrogens (tertiary/aromatic N) is 1. The number of rotatable bonds is 9. The summed E-state index contributed by atoms with van der Waals surface area (Å²) in [6, 6.07) is 7.94. The van der Waals surface area contributed by atoms with Gasteiger partial charge in [-0.25, -0.2) is 8.42 Å². The molecule has 13 heteroatoms. The number of halogens is 1. The van der Waals surface area contributed by atoms with E-state index in [1.807, 2.05) is 4.83 Å². The lowest BCUT2D eigenvalue weighted by atomic mass is 10.3. The topological polar surface area (TPSA) is 137 Å². The number of nitro benzene ring substituents is 1. The first-order chi connectivity index (χ1) is 13.7. The molecule has 2 aromatic rings. The average Bonchev–Trinajstić information content (AvgIpc) is 2.70. The van der Waals surface area contributed by atoms with Crippen molar-refractivity contribution in [2.45, 2.75) is 9.79 Å². The summed E-state index contributed by atoms with van der Waals surface area (Å²) in [5.41, 5.74) is 1.81. The SMILES string of the molecule is COc1cc([N+](=O)[O-])c(OC)cc1SCC(=O)NNS(=O)(=O)c1ccc(Cl)cc1. The van der Waals surface area contributed by atoms with Gasteiger partial charge in [0.2, 0.25) is 5.91 Å². The van der Waals surface area contributed by atoms with Gasteiger partial charge in [-0.1, -0.05) is 11.6 Å². The number of benzene rings is 2. The first-order valence-corrected chi connectivity index (χ1v) is 10.6.